The van der Waals surface area contributed by atoms with E-state index in [0.29, 0.717) is 28.6 Å². The number of hydrogen-bond donors (Lipinski definition) is 1. The molecule has 0 spiro atoms. The minimum atomic E-state index is -1.07. The minimum Gasteiger partial charge on any atom is -0.479 e. The molecule has 1 N–H and O–H groups in total. The second-order valence-electron chi connectivity index (χ2n) is 5.05. The SMILES string of the molecule is O=C(O)C1CN(C(=O)C=Cc2cc(Cl)c3c(c2)OCO3)CCO1. The van der Waals surface area contributed by atoms with Crippen molar-refractivity contribution in [3.63, 3.8) is 0 Å². The number of amides is 1. The number of aliphatic carboxylic acids is 1. The summed E-state index contributed by atoms with van der Waals surface area (Å²) in [5, 5.41) is 9.35. The van der Waals surface area contributed by atoms with Crippen LogP contribution in [0.4, 0.5) is 0 Å². The van der Waals surface area contributed by atoms with Crippen molar-refractivity contribution in [2.45, 2.75) is 6.10 Å². The molecule has 3 rings (SSSR count). The van der Waals surface area contributed by atoms with E-state index in [1.807, 2.05) is 0 Å². The van der Waals surface area contributed by atoms with Crippen LogP contribution in [-0.2, 0) is 14.3 Å². The summed E-state index contributed by atoms with van der Waals surface area (Å²) in [5.74, 6) is -0.336. The molecule has 7 nitrogen and oxygen atoms in total. The highest BCUT2D eigenvalue weighted by Crippen LogP contribution is 2.40. The van der Waals surface area contributed by atoms with Crippen LogP contribution in [0.1, 0.15) is 5.56 Å². The first-order chi connectivity index (χ1) is 11.0. The number of carboxylic acid groups (broad SMARTS) is 1. The average Bonchev–Trinajstić information content (AvgIpc) is 3.02. The number of rotatable bonds is 3. The van der Waals surface area contributed by atoms with Gasteiger partial charge in [-0.3, -0.25) is 4.79 Å². The summed E-state index contributed by atoms with van der Waals surface area (Å²) in [6.45, 7) is 0.702. The Balaban J connectivity index is 1.69. The first-order valence-electron chi connectivity index (χ1n) is 6.95. The highest BCUT2D eigenvalue weighted by atomic mass is 35.5. The monoisotopic (exact) mass is 339 g/mol. The molecule has 0 bridgehead atoms. The van der Waals surface area contributed by atoms with E-state index in [1.54, 1.807) is 18.2 Å². The fourth-order valence-corrected chi connectivity index (χ4v) is 2.63. The Kier molecular flexibility index (Phi) is 4.40. The maximum absolute atomic E-state index is 12.2. The van der Waals surface area contributed by atoms with Gasteiger partial charge in [-0.25, -0.2) is 4.79 Å². The van der Waals surface area contributed by atoms with Crippen LogP contribution in [0.3, 0.4) is 0 Å². The van der Waals surface area contributed by atoms with Crippen LogP contribution in [0.25, 0.3) is 6.08 Å². The Morgan fingerprint density at radius 2 is 2.17 bits per heavy atom. The van der Waals surface area contributed by atoms with Gasteiger partial charge in [-0.05, 0) is 23.8 Å². The minimum absolute atomic E-state index is 0.0282. The van der Waals surface area contributed by atoms with Crippen LogP contribution in [0, 0.1) is 0 Å². The summed E-state index contributed by atoms with van der Waals surface area (Å²) in [5.41, 5.74) is 0.690. The lowest BCUT2D eigenvalue weighted by Gasteiger charge is -2.30. The molecule has 0 aliphatic carbocycles. The number of benzene rings is 1. The third-order valence-corrected chi connectivity index (χ3v) is 3.80. The Labute approximate surface area is 137 Å². The molecule has 0 radical (unpaired) electrons. The Hall–Kier alpha value is -2.25. The number of ether oxygens (including phenoxy) is 3. The number of carboxylic acids is 1. The summed E-state index contributed by atoms with van der Waals surface area (Å²) >= 11 is 6.08. The van der Waals surface area contributed by atoms with Crippen LogP contribution in [-0.4, -0.2) is 54.5 Å². The van der Waals surface area contributed by atoms with E-state index in [-0.39, 0.29) is 25.9 Å². The number of halogens is 1. The molecule has 23 heavy (non-hydrogen) atoms. The standard InChI is InChI=1S/C15H14ClNO6/c16-10-5-9(6-11-14(10)23-8-22-11)1-2-13(18)17-3-4-21-12(7-17)15(19)20/h1-2,5-6,12H,3-4,7-8H2,(H,19,20). The van der Waals surface area contributed by atoms with E-state index >= 15 is 0 Å². The third kappa shape index (κ3) is 3.40. The first-order valence-corrected chi connectivity index (χ1v) is 7.33. The van der Waals surface area contributed by atoms with Crippen LogP contribution >= 0.6 is 11.6 Å². The molecule has 0 aromatic heterocycles. The molecule has 0 saturated carbocycles. The zero-order chi connectivity index (χ0) is 16.4. The summed E-state index contributed by atoms with van der Waals surface area (Å²) < 4.78 is 15.6. The molecule has 1 saturated heterocycles. The molecule has 122 valence electrons. The molecule has 1 unspecified atom stereocenters. The van der Waals surface area contributed by atoms with E-state index in [9.17, 15) is 9.59 Å². The first kappa shape index (κ1) is 15.6. The molecule has 1 fully saturated rings. The topological polar surface area (TPSA) is 85.3 Å². The zero-order valence-electron chi connectivity index (χ0n) is 12.0. The highest BCUT2D eigenvalue weighted by Gasteiger charge is 2.28. The Morgan fingerprint density at radius 1 is 1.35 bits per heavy atom. The predicted octanol–water partition coefficient (Wildman–Crippen LogP) is 1.39. The lowest BCUT2D eigenvalue weighted by atomic mass is 10.2. The quantitative estimate of drug-likeness (QED) is 0.838. The Bertz CT molecular complexity index is 674. The van der Waals surface area contributed by atoms with Crippen molar-refractivity contribution in [3.05, 3.63) is 28.8 Å². The maximum atomic E-state index is 12.2. The lowest BCUT2D eigenvalue weighted by molar-refractivity contribution is -0.158. The molecule has 1 aromatic rings. The second-order valence-corrected chi connectivity index (χ2v) is 5.46. The molecular weight excluding hydrogens is 326 g/mol. The van der Waals surface area contributed by atoms with Gasteiger partial charge in [0.2, 0.25) is 12.7 Å². The fraction of sp³-hybridized carbons (Fsp3) is 0.333. The smallest absolute Gasteiger partial charge is 0.334 e. The van der Waals surface area contributed by atoms with Gasteiger partial charge < -0.3 is 24.2 Å². The molecule has 8 heteroatoms. The molecular formula is C15H14ClNO6. The van der Waals surface area contributed by atoms with Crippen LogP contribution in [0.2, 0.25) is 5.02 Å². The lowest BCUT2D eigenvalue weighted by Crippen LogP contribution is -2.48. The van der Waals surface area contributed by atoms with Crippen molar-refractivity contribution in [1.82, 2.24) is 4.90 Å². The van der Waals surface area contributed by atoms with Crippen molar-refractivity contribution < 1.29 is 28.9 Å². The van der Waals surface area contributed by atoms with Gasteiger partial charge in [0.1, 0.15) is 0 Å². The van der Waals surface area contributed by atoms with Crippen molar-refractivity contribution >= 4 is 29.6 Å². The molecule has 1 amide bonds. The summed E-state index contributed by atoms with van der Waals surface area (Å²) in [4.78, 5) is 24.5. The van der Waals surface area contributed by atoms with Crippen molar-refractivity contribution in [1.29, 1.82) is 0 Å². The summed E-state index contributed by atoms with van der Waals surface area (Å²) in [6.07, 6.45) is 1.99. The van der Waals surface area contributed by atoms with Gasteiger partial charge in [0, 0.05) is 12.6 Å². The normalized spacial score (nSPS) is 20.0. The number of nitrogens with zero attached hydrogens (tertiary/aromatic N) is 1. The largest absolute Gasteiger partial charge is 0.479 e. The van der Waals surface area contributed by atoms with E-state index in [1.165, 1.54) is 11.0 Å². The number of carbonyl (C=O) groups excluding carboxylic acids is 1. The van der Waals surface area contributed by atoms with Gasteiger partial charge in [-0.1, -0.05) is 11.6 Å². The average molecular weight is 340 g/mol. The van der Waals surface area contributed by atoms with Crippen LogP contribution in [0.15, 0.2) is 18.2 Å². The summed E-state index contributed by atoms with van der Waals surface area (Å²) in [7, 11) is 0. The van der Waals surface area contributed by atoms with Gasteiger partial charge in [0.25, 0.3) is 0 Å². The zero-order valence-corrected chi connectivity index (χ0v) is 12.8. The van der Waals surface area contributed by atoms with Gasteiger partial charge in [0.05, 0.1) is 18.2 Å². The van der Waals surface area contributed by atoms with Gasteiger partial charge in [-0.2, -0.15) is 0 Å². The van der Waals surface area contributed by atoms with Crippen molar-refractivity contribution in [3.8, 4) is 11.5 Å². The molecule has 1 aromatic carbocycles. The number of hydrogen-bond acceptors (Lipinski definition) is 5. The molecule has 2 aliphatic rings. The van der Waals surface area contributed by atoms with Crippen molar-refractivity contribution in [2.75, 3.05) is 26.5 Å². The molecule has 1 atom stereocenters. The Morgan fingerprint density at radius 3 is 2.96 bits per heavy atom. The van der Waals surface area contributed by atoms with Gasteiger partial charge >= 0.3 is 5.97 Å². The predicted molar refractivity (Wildman–Crippen MR) is 80.6 cm³/mol. The van der Waals surface area contributed by atoms with Crippen LogP contribution in [0.5, 0.6) is 11.5 Å². The number of fused-ring (bicyclic) bond motifs is 1. The van der Waals surface area contributed by atoms with Gasteiger partial charge in [-0.15, -0.1) is 0 Å². The maximum Gasteiger partial charge on any atom is 0.334 e. The fourth-order valence-electron chi connectivity index (χ4n) is 2.36. The molecule has 2 aliphatic heterocycles. The van der Waals surface area contributed by atoms with Crippen molar-refractivity contribution in [2.24, 2.45) is 0 Å². The summed E-state index contributed by atoms with van der Waals surface area (Å²) in [6, 6.07) is 3.38. The van der Waals surface area contributed by atoms with Gasteiger partial charge in [0.15, 0.2) is 17.6 Å². The van der Waals surface area contributed by atoms with E-state index in [4.69, 9.17) is 30.9 Å². The van der Waals surface area contributed by atoms with E-state index in [0.717, 1.165) is 0 Å². The molecule has 2 heterocycles. The third-order valence-electron chi connectivity index (χ3n) is 3.52. The second kappa shape index (κ2) is 6.47. The van der Waals surface area contributed by atoms with E-state index < -0.39 is 12.1 Å². The van der Waals surface area contributed by atoms with Crippen LogP contribution < -0.4 is 9.47 Å². The number of morpholine rings is 1. The number of carbonyl (C=O) groups is 2. The van der Waals surface area contributed by atoms with E-state index in [2.05, 4.69) is 0 Å². The highest BCUT2D eigenvalue weighted by molar-refractivity contribution is 6.32.